The molecule has 1 aliphatic rings. The minimum absolute atomic E-state index is 0.0669. The van der Waals surface area contributed by atoms with Gasteiger partial charge in [-0.15, -0.1) is 10.2 Å². The van der Waals surface area contributed by atoms with Crippen LogP contribution in [0.15, 0.2) is 34.1 Å². The molecule has 0 spiro atoms. The second-order valence-corrected chi connectivity index (χ2v) is 5.96. The van der Waals surface area contributed by atoms with Crippen LogP contribution in [-0.2, 0) is 9.63 Å². The van der Waals surface area contributed by atoms with Crippen molar-refractivity contribution in [2.45, 2.75) is 4.34 Å². The first-order valence-electron chi connectivity index (χ1n) is 5.74. The number of rotatable bonds is 4. The van der Waals surface area contributed by atoms with Crippen LogP contribution in [0, 0.1) is 0 Å². The van der Waals surface area contributed by atoms with Crippen molar-refractivity contribution in [3.05, 3.63) is 40.9 Å². The van der Waals surface area contributed by atoms with E-state index in [2.05, 4.69) is 10.2 Å². The number of carbonyl (C=O) groups excluding carboxylic acids is 3. The van der Waals surface area contributed by atoms with Gasteiger partial charge in [-0.25, -0.2) is 4.79 Å². The highest BCUT2D eigenvalue weighted by Crippen LogP contribution is 2.24. The monoisotopic (exact) mass is 321 g/mol. The molecule has 9 heteroatoms. The summed E-state index contributed by atoms with van der Waals surface area (Å²) >= 11 is 2.41. The van der Waals surface area contributed by atoms with Gasteiger partial charge < -0.3 is 4.84 Å². The number of hydrogen-bond acceptors (Lipinski definition) is 8. The Morgan fingerprint density at radius 3 is 2.48 bits per heavy atom. The molecule has 1 aliphatic heterocycles. The number of carbonyl (C=O) groups is 3. The maximum atomic E-state index is 12.0. The zero-order valence-corrected chi connectivity index (χ0v) is 12.0. The predicted octanol–water partition coefficient (Wildman–Crippen LogP) is 1.38. The summed E-state index contributed by atoms with van der Waals surface area (Å²) in [4.78, 5) is 40.5. The van der Waals surface area contributed by atoms with Gasteiger partial charge in [-0.3, -0.25) is 9.59 Å². The number of nitrogens with zero attached hydrogens (tertiary/aromatic N) is 3. The van der Waals surface area contributed by atoms with Crippen molar-refractivity contribution in [1.29, 1.82) is 0 Å². The van der Waals surface area contributed by atoms with Crippen molar-refractivity contribution >= 4 is 40.9 Å². The number of aromatic nitrogens is 2. The Morgan fingerprint density at radius 1 is 1.24 bits per heavy atom. The Hall–Kier alpha value is -2.26. The molecule has 1 aromatic heterocycles. The van der Waals surface area contributed by atoms with Crippen molar-refractivity contribution < 1.29 is 19.2 Å². The van der Waals surface area contributed by atoms with E-state index in [-0.39, 0.29) is 16.9 Å². The Morgan fingerprint density at radius 2 is 1.90 bits per heavy atom. The van der Waals surface area contributed by atoms with Crippen LogP contribution in [0.2, 0.25) is 0 Å². The number of thioether (sulfide) groups is 1. The molecule has 0 saturated heterocycles. The smallest absolute Gasteiger partial charge is 0.329 e. The summed E-state index contributed by atoms with van der Waals surface area (Å²) in [7, 11) is 0. The molecule has 0 N–H and O–H groups in total. The van der Waals surface area contributed by atoms with Crippen molar-refractivity contribution in [1.82, 2.24) is 15.3 Å². The summed E-state index contributed by atoms with van der Waals surface area (Å²) in [5.74, 6) is -2.04. The molecule has 2 amide bonds. The summed E-state index contributed by atoms with van der Waals surface area (Å²) < 4.78 is 0.606. The van der Waals surface area contributed by atoms with Gasteiger partial charge in [-0.1, -0.05) is 40.3 Å². The highest BCUT2D eigenvalue weighted by Gasteiger charge is 2.38. The standard InChI is InChI=1S/C12H7N3O4S2/c16-9(5-20-12-14-13-6-21-12)19-15-10(17)7-3-1-2-4-8(7)11(15)18/h1-4,6H,5H2. The van der Waals surface area contributed by atoms with E-state index in [1.807, 2.05) is 0 Å². The lowest BCUT2D eigenvalue weighted by Gasteiger charge is -2.11. The third kappa shape index (κ3) is 2.65. The van der Waals surface area contributed by atoms with E-state index in [1.54, 1.807) is 12.1 Å². The summed E-state index contributed by atoms with van der Waals surface area (Å²) in [6, 6.07) is 6.31. The van der Waals surface area contributed by atoms with Crippen LogP contribution in [0.5, 0.6) is 0 Å². The Labute approximate surface area is 126 Å². The van der Waals surface area contributed by atoms with Crippen molar-refractivity contribution in [3.8, 4) is 0 Å². The van der Waals surface area contributed by atoms with Gasteiger partial charge in [0.2, 0.25) is 0 Å². The van der Waals surface area contributed by atoms with Crippen LogP contribution in [0.25, 0.3) is 0 Å². The predicted molar refractivity (Wildman–Crippen MR) is 73.7 cm³/mol. The van der Waals surface area contributed by atoms with Gasteiger partial charge in [0.1, 0.15) is 11.3 Å². The molecular formula is C12H7N3O4S2. The molecule has 21 heavy (non-hydrogen) atoms. The lowest BCUT2D eigenvalue weighted by atomic mass is 10.1. The van der Waals surface area contributed by atoms with Crippen LogP contribution in [-0.4, -0.2) is 38.8 Å². The second kappa shape index (κ2) is 5.62. The number of benzene rings is 1. The molecule has 7 nitrogen and oxygen atoms in total. The number of hydroxylamine groups is 2. The van der Waals surface area contributed by atoms with E-state index in [0.29, 0.717) is 9.40 Å². The zero-order chi connectivity index (χ0) is 14.8. The third-order valence-corrected chi connectivity index (χ3v) is 4.44. The lowest BCUT2D eigenvalue weighted by Crippen LogP contribution is -2.33. The van der Waals surface area contributed by atoms with Crippen molar-refractivity contribution in [2.24, 2.45) is 0 Å². The Balaban J connectivity index is 1.65. The van der Waals surface area contributed by atoms with Gasteiger partial charge in [0.15, 0.2) is 4.34 Å². The maximum Gasteiger partial charge on any atom is 0.343 e. The van der Waals surface area contributed by atoms with E-state index < -0.39 is 17.8 Å². The van der Waals surface area contributed by atoms with E-state index in [1.165, 1.54) is 29.0 Å². The topological polar surface area (TPSA) is 89.5 Å². The van der Waals surface area contributed by atoms with Gasteiger partial charge >= 0.3 is 5.97 Å². The highest BCUT2D eigenvalue weighted by molar-refractivity contribution is 8.01. The third-order valence-electron chi connectivity index (χ3n) is 2.60. The quantitative estimate of drug-likeness (QED) is 0.621. The normalized spacial score (nSPS) is 13.4. The molecule has 2 heterocycles. The molecule has 0 saturated carbocycles. The molecule has 3 rings (SSSR count). The first kappa shape index (κ1) is 13.7. The Bertz CT molecular complexity index is 682. The van der Waals surface area contributed by atoms with Crippen LogP contribution in [0.3, 0.4) is 0 Å². The van der Waals surface area contributed by atoms with Crippen LogP contribution in [0.4, 0.5) is 0 Å². The molecule has 0 unspecified atom stereocenters. The number of hydrogen-bond donors (Lipinski definition) is 0. The largest absolute Gasteiger partial charge is 0.343 e. The molecule has 0 fully saturated rings. The molecule has 0 radical (unpaired) electrons. The van der Waals surface area contributed by atoms with Crippen LogP contribution >= 0.6 is 23.1 Å². The van der Waals surface area contributed by atoms with E-state index in [9.17, 15) is 14.4 Å². The summed E-state index contributed by atoms with van der Waals surface area (Å²) in [5, 5.41) is 7.88. The zero-order valence-electron chi connectivity index (χ0n) is 10.4. The van der Waals surface area contributed by atoms with E-state index in [4.69, 9.17) is 4.84 Å². The fourth-order valence-corrected chi connectivity index (χ4v) is 2.98. The minimum Gasteiger partial charge on any atom is -0.329 e. The first-order valence-corrected chi connectivity index (χ1v) is 7.61. The van der Waals surface area contributed by atoms with Gasteiger partial charge in [0.25, 0.3) is 11.8 Å². The van der Waals surface area contributed by atoms with Crippen LogP contribution in [0.1, 0.15) is 20.7 Å². The Kier molecular flexibility index (Phi) is 3.67. The molecule has 2 aromatic rings. The number of imide groups is 1. The lowest BCUT2D eigenvalue weighted by molar-refractivity contribution is -0.165. The average Bonchev–Trinajstić information content (AvgIpc) is 3.09. The summed E-state index contributed by atoms with van der Waals surface area (Å²) in [6.07, 6.45) is 0. The van der Waals surface area contributed by atoms with Crippen LogP contribution < -0.4 is 0 Å². The molecule has 106 valence electrons. The average molecular weight is 321 g/mol. The summed E-state index contributed by atoms with van der Waals surface area (Å²) in [5.41, 5.74) is 2.00. The van der Waals surface area contributed by atoms with E-state index in [0.717, 1.165) is 11.8 Å². The maximum absolute atomic E-state index is 12.0. The molecule has 1 aromatic carbocycles. The summed E-state index contributed by atoms with van der Waals surface area (Å²) in [6.45, 7) is 0. The number of fused-ring (bicyclic) bond motifs is 1. The van der Waals surface area contributed by atoms with Gasteiger partial charge in [0.05, 0.1) is 11.1 Å². The molecule has 0 aliphatic carbocycles. The minimum atomic E-state index is -0.704. The van der Waals surface area contributed by atoms with E-state index >= 15 is 0 Å². The molecule has 0 bridgehead atoms. The van der Waals surface area contributed by atoms with Gasteiger partial charge in [0, 0.05) is 0 Å². The fourth-order valence-electron chi connectivity index (χ4n) is 1.72. The highest BCUT2D eigenvalue weighted by atomic mass is 32.2. The first-order chi connectivity index (χ1) is 10.2. The van der Waals surface area contributed by atoms with Gasteiger partial charge in [-0.2, -0.15) is 0 Å². The van der Waals surface area contributed by atoms with Gasteiger partial charge in [-0.05, 0) is 12.1 Å². The SMILES string of the molecule is O=C(CSc1nncs1)ON1C(=O)c2ccccc2C1=O. The second-order valence-electron chi connectivity index (χ2n) is 3.91. The van der Waals surface area contributed by atoms with Crippen molar-refractivity contribution in [3.63, 3.8) is 0 Å². The van der Waals surface area contributed by atoms with Crippen molar-refractivity contribution in [2.75, 3.05) is 5.75 Å². The molecular weight excluding hydrogens is 314 g/mol. The number of amides is 2. The molecule has 0 atom stereocenters. The fraction of sp³-hybridized carbons (Fsp3) is 0.0833.